The highest BCUT2D eigenvalue weighted by atomic mass is 16.5. The maximum Gasteiger partial charge on any atom is 0.269 e. The lowest BCUT2D eigenvalue weighted by atomic mass is 10.1. The largest absolute Gasteiger partial charge is 0.497 e. The number of para-hydroxylation sites is 1. The molecule has 1 fully saturated rings. The van der Waals surface area contributed by atoms with Crippen molar-refractivity contribution in [3.8, 4) is 5.75 Å². The topological polar surface area (TPSA) is 66.3 Å². The van der Waals surface area contributed by atoms with Gasteiger partial charge in [-0.15, -0.1) is 0 Å². The van der Waals surface area contributed by atoms with Gasteiger partial charge in [0.15, 0.2) is 6.04 Å². The van der Waals surface area contributed by atoms with E-state index in [9.17, 15) is 4.79 Å². The van der Waals surface area contributed by atoms with Crippen LogP contribution in [0, 0.1) is 0 Å². The predicted octanol–water partition coefficient (Wildman–Crippen LogP) is 2.92. The van der Waals surface area contributed by atoms with E-state index in [-0.39, 0.29) is 18.0 Å². The van der Waals surface area contributed by atoms with Crippen LogP contribution in [0.5, 0.6) is 5.75 Å². The fraction of sp³-hybridized carbons (Fsp3) is 0.350. The quantitative estimate of drug-likeness (QED) is 0.862. The number of carbonyl (C=O) groups is 1. The summed E-state index contributed by atoms with van der Waals surface area (Å²) in [5, 5.41) is 10.5. The lowest BCUT2D eigenvalue weighted by molar-refractivity contribution is -0.118. The first kappa shape index (κ1) is 16.7. The molecular formula is C20H22N4O2. The number of benzene rings is 2. The number of azo groups is 1. The molecule has 1 aliphatic carbocycles. The van der Waals surface area contributed by atoms with Gasteiger partial charge in [-0.2, -0.15) is 10.2 Å². The summed E-state index contributed by atoms with van der Waals surface area (Å²) in [6.45, 7) is 1.96. The Balaban J connectivity index is 1.45. The SMILES string of the molecule is COc1ccc2c(c1)C[C@@H](N=N[C@@H]1C(=O)N(c3ccccc3)N[C@H]1C)C2. The summed E-state index contributed by atoms with van der Waals surface area (Å²) < 4.78 is 5.29. The molecule has 2 aromatic rings. The number of nitrogens with one attached hydrogen (secondary N) is 1. The minimum Gasteiger partial charge on any atom is -0.497 e. The van der Waals surface area contributed by atoms with Gasteiger partial charge in [-0.05, 0) is 55.2 Å². The van der Waals surface area contributed by atoms with Gasteiger partial charge in [0.25, 0.3) is 5.91 Å². The summed E-state index contributed by atoms with van der Waals surface area (Å²) in [7, 11) is 1.67. The molecule has 1 heterocycles. The predicted molar refractivity (Wildman–Crippen MR) is 99.4 cm³/mol. The highest BCUT2D eigenvalue weighted by Crippen LogP contribution is 2.29. The van der Waals surface area contributed by atoms with Crippen LogP contribution in [0.2, 0.25) is 0 Å². The average Bonchev–Trinajstić information content (AvgIpc) is 3.20. The van der Waals surface area contributed by atoms with Crippen LogP contribution in [0.1, 0.15) is 18.1 Å². The zero-order chi connectivity index (χ0) is 18.1. The summed E-state index contributed by atoms with van der Waals surface area (Å²) in [5.41, 5.74) is 6.55. The Morgan fingerprint density at radius 3 is 2.62 bits per heavy atom. The first-order valence-corrected chi connectivity index (χ1v) is 8.86. The van der Waals surface area contributed by atoms with Crippen LogP contribution in [0.15, 0.2) is 58.8 Å². The monoisotopic (exact) mass is 350 g/mol. The molecule has 0 unspecified atom stereocenters. The molecular weight excluding hydrogens is 328 g/mol. The van der Waals surface area contributed by atoms with Crippen LogP contribution < -0.4 is 15.2 Å². The number of hydrazine groups is 1. The second-order valence-corrected chi connectivity index (χ2v) is 6.80. The number of rotatable bonds is 4. The summed E-state index contributed by atoms with van der Waals surface area (Å²) in [4.78, 5) is 12.7. The smallest absolute Gasteiger partial charge is 0.269 e. The van der Waals surface area contributed by atoms with Gasteiger partial charge in [0.1, 0.15) is 5.75 Å². The molecule has 4 rings (SSSR count). The first-order chi connectivity index (χ1) is 12.7. The molecule has 1 saturated heterocycles. The van der Waals surface area contributed by atoms with E-state index >= 15 is 0 Å². The van der Waals surface area contributed by atoms with E-state index in [0.29, 0.717) is 0 Å². The Morgan fingerprint density at radius 1 is 1.08 bits per heavy atom. The Morgan fingerprint density at radius 2 is 1.85 bits per heavy atom. The molecule has 0 saturated carbocycles. The number of hydrogen-bond donors (Lipinski definition) is 1. The molecule has 1 aliphatic heterocycles. The Bertz CT molecular complexity index is 837. The first-order valence-electron chi connectivity index (χ1n) is 8.86. The van der Waals surface area contributed by atoms with Crippen molar-refractivity contribution in [2.75, 3.05) is 12.1 Å². The van der Waals surface area contributed by atoms with Crippen LogP contribution >= 0.6 is 0 Å². The fourth-order valence-corrected chi connectivity index (χ4v) is 3.56. The minimum absolute atomic E-state index is 0.0652. The van der Waals surface area contributed by atoms with Crippen molar-refractivity contribution >= 4 is 11.6 Å². The van der Waals surface area contributed by atoms with Gasteiger partial charge in [0.05, 0.1) is 24.9 Å². The van der Waals surface area contributed by atoms with Gasteiger partial charge in [-0.1, -0.05) is 24.3 Å². The van der Waals surface area contributed by atoms with Gasteiger partial charge in [0.2, 0.25) is 0 Å². The van der Waals surface area contributed by atoms with Gasteiger partial charge < -0.3 is 4.74 Å². The molecule has 26 heavy (non-hydrogen) atoms. The molecule has 3 atom stereocenters. The van der Waals surface area contributed by atoms with Crippen molar-refractivity contribution in [2.24, 2.45) is 10.2 Å². The third-order valence-electron chi connectivity index (χ3n) is 4.97. The Hall–Kier alpha value is -2.73. The molecule has 1 N–H and O–H groups in total. The van der Waals surface area contributed by atoms with Gasteiger partial charge in [-0.25, -0.2) is 10.4 Å². The van der Waals surface area contributed by atoms with Crippen LogP contribution in [0.4, 0.5) is 5.69 Å². The Kier molecular flexibility index (Phi) is 4.42. The lowest BCUT2D eigenvalue weighted by Gasteiger charge is -2.15. The van der Waals surface area contributed by atoms with Crippen LogP contribution in [0.3, 0.4) is 0 Å². The zero-order valence-electron chi connectivity index (χ0n) is 14.9. The van der Waals surface area contributed by atoms with Crippen LogP contribution in [-0.2, 0) is 17.6 Å². The van der Waals surface area contributed by atoms with Crippen molar-refractivity contribution in [2.45, 2.75) is 37.9 Å². The molecule has 6 heteroatoms. The second-order valence-electron chi connectivity index (χ2n) is 6.80. The number of anilines is 1. The summed E-state index contributed by atoms with van der Waals surface area (Å²) >= 11 is 0. The molecule has 0 bridgehead atoms. The standard InChI is InChI=1S/C20H22N4O2/c1-13-19(20(25)24(23-13)17-6-4-3-5-7-17)22-21-16-10-14-8-9-18(26-2)12-15(14)11-16/h3-9,12-13,16,19,23H,10-11H2,1-2H3/t13-,16-,19-/m0/s1. The molecule has 1 amide bonds. The number of methoxy groups -OCH3 is 1. The summed E-state index contributed by atoms with van der Waals surface area (Å²) in [6.07, 6.45) is 1.69. The Labute approximate surface area is 152 Å². The number of fused-ring (bicyclic) bond motifs is 1. The number of hydrogen-bond acceptors (Lipinski definition) is 5. The minimum atomic E-state index is -0.492. The average molecular weight is 350 g/mol. The number of nitrogens with zero attached hydrogens (tertiary/aromatic N) is 3. The maximum atomic E-state index is 12.7. The molecule has 6 nitrogen and oxygen atoms in total. The van der Waals surface area contributed by atoms with E-state index in [4.69, 9.17) is 4.74 Å². The number of amides is 1. The van der Waals surface area contributed by atoms with Crippen LogP contribution in [-0.4, -0.2) is 31.1 Å². The third-order valence-corrected chi connectivity index (χ3v) is 4.97. The highest BCUT2D eigenvalue weighted by molar-refractivity contribution is 5.99. The number of carbonyl (C=O) groups excluding carboxylic acids is 1. The molecule has 2 aromatic carbocycles. The molecule has 0 radical (unpaired) electrons. The summed E-state index contributed by atoms with van der Waals surface area (Å²) in [6, 6.07) is 15.2. The normalized spacial score (nSPS) is 25.1. The van der Waals surface area contributed by atoms with E-state index in [1.54, 1.807) is 12.1 Å². The van der Waals surface area contributed by atoms with E-state index in [1.165, 1.54) is 11.1 Å². The van der Waals surface area contributed by atoms with Gasteiger partial charge >= 0.3 is 0 Å². The van der Waals surface area contributed by atoms with E-state index in [2.05, 4.69) is 27.8 Å². The highest BCUT2D eigenvalue weighted by Gasteiger charge is 2.39. The zero-order valence-corrected chi connectivity index (χ0v) is 14.9. The fourth-order valence-electron chi connectivity index (χ4n) is 3.56. The van der Waals surface area contributed by atoms with Crippen molar-refractivity contribution in [1.82, 2.24) is 5.43 Å². The van der Waals surface area contributed by atoms with E-state index in [0.717, 1.165) is 24.3 Å². The van der Waals surface area contributed by atoms with Crippen LogP contribution in [0.25, 0.3) is 0 Å². The third kappa shape index (κ3) is 3.08. The van der Waals surface area contributed by atoms with Crippen molar-refractivity contribution < 1.29 is 9.53 Å². The maximum absolute atomic E-state index is 12.7. The molecule has 0 aromatic heterocycles. The van der Waals surface area contributed by atoms with Crippen molar-refractivity contribution in [3.05, 3.63) is 59.7 Å². The molecule has 2 aliphatic rings. The van der Waals surface area contributed by atoms with Gasteiger partial charge in [-0.3, -0.25) is 4.79 Å². The lowest BCUT2D eigenvalue weighted by Crippen LogP contribution is -2.36. The number of ether oxygens (including phenoxy) is 1. The van der Waals surface area contributed by atoms with Crippen molar-refractivity contribution in [1.29, 1.82) is 0 Å². The summed E-state index contributed by atoms with van der Waals surface area (Å²) in [5.74, 6) is 0.799. The second kappa shape index (κ2) is 6.88. The molecule has 134 valence electrons. The molecule has 0 spiro atoms. The van der Waals surface area contributed by atoms with E-state index < -0.39 is 6.04 Å². The van der Waals surface area contributed by atoms with E-state index in [1.807, 2.05) is 43.3 Å². The van der Waals surface area contributed by atoms with Crippen molar-refractivity contribution in [3.63, 3.8) is 0 Å². The van der Waals surface area contributed by atoms with Gasteiger partial charge in [0, 0.05) is 0 Å².